The number of imide groups is 1. The van der Waals surface area contributed by atoms with E-state index in [0.717, 1.165) is 0 Å². The van der Waals surface area contributed by atoms with Gasteiger partial charge in [0.15, 0.2) is 6.10 Å². The van der Waals surface area contributed by atoms with E-state index in [-0.39, 0.29) is 11.5 Å². The number of hydrogen-bond acceptors (Lipinski definition) is 6. The second-order valence-electron chi connectivity index (χ2n) is 5.02. The first kappa shape index (κ1) is 18.3. The molecule has 0 heterocycles. The van der Waals surface area contributed by atoms with Crippen LogP contribution in [0.2, 0.25) is 0 Å². The lowest BCUT2D eigenvalue weighted by molar-refractivity contribution is -0.130. The first-order valence-corrected chi connectivity index (χ1v) is 6.82. The fourth-order valence-electron chi connectivity index (χ4n) is 1.79. The molecule has 3 amide bonds. The van der Waals surface area contributed by atoms with Gasteiger partial charge in [0, 0.05) is 6.07 Å². The van der Waals surface area contributed by atoms with Crippen LogP contribution in [-0.2, 0) is 9.53 Å². The highest BCUT2D eigenvalue weighted by Crippen LogP contribution is 2.23. The molecular formula is C15H20N2O6. The van der Waals surface area contributed by atoms with E-state index in [0.29, 0.717) is 11.5 Å². The van der Waals surface area contributed by atoms with Crippen LogP contribution in [0.15, 0.2) is 18.2 Å². The van der Waals surface area contributed by atoms with Crippen molar-refractivity contribution in [2.24, 2.45) is 11.7 Å². The third-order valence-electron chi connectivity index (χ3n) is 2.93. The molecule has 0 aliphatic heterocycles. The molecule has 0 saturated heterocycles. The number of nitrogens with one attached hydrogen (secondary N) is 1. The van der Waals surface area contributed by atoms with Crippen molar-refractivity contribution in [2.45, 2.75) is 20.0 Å². The van der Waals surface area contributed by atoms with Gasteiger partial charge in [0.05, 0.1) is 19.8 Å². The van der Waals surface area contributed by atoms with Gasteiger partial charge >= 0.3 is 12.0 Å². The molecule has 8 heteroatoms. The number of nitrogens with two attached hydrogens (primary N) is 1. The minimum atomic E-state index is -1.16. The average Bonchev–Trinajstić information content (AvgIpc) is 2.50. The van der Waals surface area contributed by atoms with E-state index in [1.54, 1.807) is 19.9 Å². The smallest absolute Gasteiger partial charge is 0.339 e. The molecule has 0 radical (unpaired) electrons. The SMILES string of the molecule is COc1cc(OC)cc(C(=O)OC(C(=O)NC(N)=O)C(C)C)c1. The van der Waals surface area contributed by atoms with Crippen LogP contribution >= 0.6 is 0 Å². The fourth-order valence-corrected chi connectivity index (χ4v) is 1.79. The number of carbonyl (C=O) groups is 3. The Morgan fingerprint density at radius 3 is 1.96 bits per heavy atom. The molecule has 0 fully saturated rings. The molecule has 8 nitrogen and oxygen atoms in total. The van der Waals surface area contributed by atoms with Gasteiger partial charge in [-0.2, -0.15) is 0 Å². The lowest BCUT2D eigenvalue weighted by Gasteiger charge is -2.20. The molecule has 1 rings (SSSR count). The standard InChI is InChI=1S/C15H20N2O6/c1-8(2)12(13(18)17-15(16)20)23-14(19)9-5-10(21-3)7-11(6-9)22-4/h5-8,12H,1-4H3,(H3,16,17,18,20). The predicted molar refractivity (Wildman–Crippen MR) is 81.3 cm³/mol. The van der Waals surface area contributed by atoms with E-state index < -0.39 is 24.0 Å². The maximum Gasteiger partial charge on any atom is 0.339 e. The second kappa shape index (κ2) is 8.02. The van der Waals surface area contributed by atoms with Crippen LogP contribution in [0.4, 0.5) is 4.79 Å². The van der Waals surface area contributed by atoms with Gasteiger partial charge in [0.2, 0.25) is 0 Å². The third-order valence-corrected chi connectivity index (χ3v) is 2.93. The van der Waals surface area contributed by atoms with E-state index in [4.69, 9.17) is 19.9 Å². The first-order chi connectivity index (χ1) is 10.8. The largest absolute Gasteiger partial charge is 0.497 e. The van der Waals surface area contributed by atoms with Crippen LogP contribution in [-0.4, -0.2) is 38.2 Å². The third kappa shape index (κ3) is 5.17. The number of primary amides is 1. The highest BCUT2D eigenvalue weighted by Gasteiger charge is 2.28. The molecule has 3 N–H and O–H groups in total. The fraction of sp³-hybridized carbons (Fsp3) is 0.400. The maximum absolute atomic E-state index is 12.3. The van der Waals surface area contributed by atoms with Crippen molar-refractivity contribution in [1.29, 1.82) is 0 Å². The Bertz CT molecular complexity index is 577. The lowest BCUT2D eigenvalue weighted by atomic mass is 10.1. The van der Waals surface area contributed by atoms with Crippen molar-refractivity contribution in [3.05, 3.63) is 23.8 Å². The Kier molecular flexibility index (Phi) is 6.37. The molecule has 0 aromatic heterocycles. The molecule has 23 heavy (non-hydrogen) atoms. The zero-order chi connectivity index (χ0) is 17.6. The van der Waals surface area contributed by atoms with Gasteiger partial charge < -0.3 is 19.9 Å². The number of carbonyl (C=O) groups excluding carboxylic acids is 3. The van der Waals surface area contributed by atoms with Gasteiger partial charge in [-0.15, -0.1) is 0 Å². The molecular weight excluding hydrogens is 304 g/mol. The first-order valence-electron chi connectivity index (χ1n) is 6.82. The topological polar surface area (TPSA) is 117 Å². The summed E-state index contributed by atoms with van der Waals surface area (Å²) in [5, 5.41) is 1.90. The second-order valence-corrected chi connectivity index (χ2v) is 5.02. The van der Waals surface area contributed by atoms with Crippen molar-refractivity contribution in [3.8, 4) is 11.5 Å². The number of hydrogen-bond donors (Lipinski definition) is 2. The number of rotatable bonds is 6. The average molecular weight is 324 g/mol. The Morgan fingerprint density at radius 2 is 1.57 bits per heavy atom. The van der Waals surface area contributed by atoms with E-state index in [1.165, 1.54) is 26.4 Å². The molecule has 1 unspecified atom stereocenters. The Labute approximate surface area is 133 Å². The zero-order valence-electron chi connectivity index (χ0n) is 13.4. The van der Waals surface area contributed by atoms with Crippen molar-refractivity contribution >= 4 is 17.9 Å². The number of ether oxygens (including phenoxy) is 3. The minimum Gasteiger partial charge on any atom is -0.497 e. The molecule has 0 aliphatic carbocycles. The van der Waals surface area contributed by atoms with Gasteiger partial charge in [-0.1, -0.05) is 13.8 Å². The summed E-state index contributed by atoms with van der Waals surface area (Å²) in [7, 11) is 2.89. The van der Waals surface area contributed by atoms with E-state index in [2.05, 4.69) is 0 Å². The van der Waals surface area contributed by atoms with Gasteiger partial charge in [-0.25, -0.2) is 9.59 Å². The summed E-state index contributed by atoms with van der Waals surface area (Å²) in [5.74, 6) is -1.08. The molecule has 0 spiro atoms. The predicted octanol–water partition coefficient (Wildman–Crippen LogP) is 1.08. The number of urea groups is 1. The Hall–Kier alpha value is -2.77. The van der Waals surface area contributed by atoms with E-state index >= 15 is 0 Å². The summed E-state index contributed by atoms with van der Waals surface area (Å²) in [6.07, 6.45) is -1.16. The quantitative estimate of drug-likeness (QED) is 0.756. The molecule has 0 saturated carbocycles. The van der Waals surface area contributed by atoms with Crippen LogP contribution in [0.3, 0.4) is 0 Å². The summed E-state index contributed by atoms with van der Waals surface area (Å²) < 4.78 is 15.3. The number of amides is 3. The Morgan fingerprint density at radius 1 is 1.04 bits per heavy atom. The monoisotopic (exact) mass is 324 g/mol. The van der Waals surface area contributed by atoms with Crippen LogP contribution < -0.4 is 20.5 Å². The van der Waals surface area contributed by atoms with Gasteiger partial charge in [0.1, 0.15) is 11.5 Å². The number of benzene rings is 1. The molecule has 1 atom stereocenters. The summed E-state index contributed by atoms with van der Waals surface area (Å²) >= 11 is 0. The molecule has 126 valence electrons. The van der Waals surface area contributed by atoms with E-state index in [1.807, 2.05) is 5.32 Å². The number of methoxy groups -OCH3 is 2. The molecule has 1 aromatic rings. The van der Waals surface area contributed by atoms with Gasteiger partial charge in [0.25, 0.3) is 5.91 Å². The van der Waals surface area contributed by atoms with Crippen LogP contribution in [0.1, 0.15) is 24.2 Å². The Balaban J connectivity index is 2.99. The van der Waals surface area contributed by atoms with Gasteiger partial charge in [-0.05, 0) is 18.1 Å². The lowest BCUT2D eigenvalue weighted by Crippen LogP contribution is -2.45. The summed E-state index contributed by atoms with van der Waals surface area (Å²) in [6.45, 7) is 3.34. The van der Waals surface area contributed by atoms with Crippen LogP contribution in [0, 0.1) is 5.92 Å². The van der Waals surface area contributed by atoms with Crippen molar-refractivity contribution in [3.63, 3.8) is 0 Å². The van der Waals surface area contributed by atoms with E-state index in [9.17, 15) is 14.4 Å². The summed E-state index contributed by atoms with van der Waals surface area (Å²) in [6, 6.07) is 3.48. The highest BCUT2D eigenvalue weighted by molar-refractivity contribution is 5.98. The summed E-state index contributed by atoms with van der Waals surface area (Å²) in [4.78, 5) is 34.9. The number of esters is 1. The minimum absolute atomic E-state index is 0.152. The van der Waals surface area contributed by atoms with Crippen LogP contribution in [0.25, 0.3) is 0 Å². The van der Waals surface area contributed by atoms with Crippen molar-refractivity contribution < 1.29 is 28.6 Å². The van der Waals surface area contributed by atoms with Gasteiger partial charge in [-0.3, -0.25) is 10.1 Å². The molecule has 0 bridgehead atoms. The summed E-state index contributed by atoms with van der Waals surface area (Å²) in [5.41, 5.74) is 5.06. The van der Waals surface area contributed by atoms with Crippen molar-refractivity contribution in [2.75, 3.05) is 14.2 Å². The normalized spacial score (nSPS) is 11.5. The maximum atomic E-state index is 12.3. The van der Waals surface area contributed by atoms with Crippen molar-refractivity contribution in [1.82, 2.24) is 5.32 Å². The highest BCUT2D eigenvalue weighted by atomic mass is 16.5. The molecule has 0 aliphatic rings. The molecule has 1 aromatic carbocycles. The van der Waals surface area contributed by atoms with Crippen LogP contribution in [0.5, 0.6) is 11.5 Å². The zero-order valence-corrected chi connectivity index (χ0v) is 13.4.